The van der Waals surface area contributed by atoms with Gasteiger partial charge in [-0.3, -0.25) is 4.98 Å². The molecule has 0 spiro atoms. The molecule has 112 valence electrons. The maximum absolute atomic E-state index is 13.9. The van der Waals surface area contributed by atoms with Gasteiger partial charge in [-0.25, -0.2) is 8.78 Å². The van der Waals surface area contributed by atoms with Gasteiger partial charge >= 0.3 is 0 Å². The summed E-state index contributed by atoms with van der Waals surface area (Å²) in [5.74, 6) is -1.60. The molecule has 1 atom stereocenters. The second-order valence-electron chi connectivity index (χ2n) is 5.04. The van der Waals surface area contributed by atoms with Crippen LogP contribution in [0.5, 0.6) is 0 Å². The molecule has 0 radical (unpaired) electrons. The van der Waals surface area contributed by atoms with Crippen LogP contribution in [0.1, 0.15) is 17.2 Å². The maximum Gasteiger partial charge on any atom is 0.163 e. The minimum absolute atomic E-state index is 0.276. The van der Waals surface area contributed by atoms with E-state index >= 15 is 0 Å². The van der Waals surface area contributed by atoms with Crippen molar-refractivity contribution in [3.05, 3.63) is 65.5 Å². The van der Waals surface area contributed by atoms with Crippen molar-refractivity contribution >= 4 is 0 Å². The molecule has 1 aromatic carbocycles. The Bertz CT molecular complexity index is 575. The largest absolute Gasteiger partial charge is 0.312 e. The van der Waals surface area contributed by atoms with E-state index in [0.29, 0.717) is 18.7 Å². The third-order valence-electron chi connectivity index (χ3n) is 3.37. The zero-order chi connectivity index (χ0) is 15.2. The number of nitrogens with one attached hydrogen (secondary N) is 1. The Labute approximate surface area is 123 Å². The summed E-state index contributed by atoms with van der Waals surface area (Å²) in [5.41, 5.74) is 1.42. The van der Waals surface area contributed by atoms with Crippen molar-refractivity contribution in [2.75, 3.05) is 20.6 Å². The van der Waals surface area contributed by atoms with E-state index in [1.807, 2.05) is 24.1 Å². The number of rotatable bonds is 6. The number of aromatic nitrogens is 1. The molecule has 1 heterocycles. The maximum atomic E-state index is 13.9. The molecular weight excluding hydrogens is 272 g/mol. The van der Waals surface area contributed by atoms with E-state index in [1.54, 1.807) is 25.5 Å². The lowest BCUT2D eigenvalue weighted by Crippen LogP contribution is -2.31. The van der Waals surface area contributed by atoms with Crippen LogP contribution in [-0.4, -0.2) is 30.5 Å². The molecule has 0 saturated heterocycles. The van der Waals surface area contributed by atoms with Gasteiger partial charge in [0.2, 0.25) is 0 Å². The fraction of sp³-hybridized carbons (Fsp3) is 0.312. The molecule has 1 N–H and O–H groups in total. The summed E-state index contributed by atoms with van der Waals surface area (Å²) in [7, 11) is 3.68. The van der Waals surface area contributed by atoms with E-state index in [2.05, 4.69) is 10.3 Å². The van der Waals surface area contributed by atoms with Crippen molar-refractivity contribution in [3.8, 4) is 0 Å². The molecule has 5 heteroatoms. The Morgan fingerprint density at radius 1 is 1.24 bits per heavy atom. The molecule has 1 unspecified atom stereocenters. The second kappa shape index (κ2) is 7.24. The lowest BCUT2D eigenvalue weighted by Gasteiger charge is -2.24. The van der Waals surface area contributed by atoms with Gasteiger partial charge in [0.15, 0.2) is 11.6 Å². The van der Waals surface area contributed by atoms with Crippen LogP contribution in [-0.2, 0) is 6.54 Å². The molecule has 2 rings (SSSR count). The minimum Gasteiger partial charge on any atom is -0.312 e. The lowest BCUT2D eigenvalue weighted by molar-refractivity contribution is 0.285. The van der Waals surface area contributed by atoms with E-state index in [-0.39, 0.29) is 6.04 Å². The Hall–Kier alpha value is -1.85. The molecule has 0 amide bonds. The van der Waals surface area contributed by atoms with Crippen molar-refractivity contribution < 1.29 is 8.78 Å². The molecule has 3 nitrogen and oxygen atoms in total. The van der Waals surface area contributed by atoms with Crippen LogP contribution in [0.25, 0.3) is 0 Å². The Morgan fingerprint density at radius 2 is 2.05 bits per heavy atom. The number of hydrogen-bond donors (Lipinski definition) is 1. The lowest BCUT2D eigenvalue weighted by atomic mass is 10.1. The highest BCUT2D eigenvalue weighted by Crippen LogP contribution is 2.20. The summed E-state index contributed by atoms with van der Waals surface area (Å²) >= 11 is 0. The predicted molar refractivity (Wildman–Crippen MR) is 78.7 cm³/mol. The van der Waals surface area contributed by atoms with Gasteiger partial charge in [-0.05, 0) is 31.8 Å². The average Bonchev–Trinajstić information content (AvgIpc) is 2.49. The van der Waals surface area contributed by atoms with E-state index in [4.69, 9.17) is 0 Å². The van der Waals surface area contributed by atoms with Crippen molar-refractivity contribution in [2.45, 2.75) is 12.6 Å². The smallest absolute Gasteiger partial charge is 0.163 e. The van der Waals surface area contributed by atoms with Crippen LogP contribution in [0, 0.1) is 11.6 Å². The normalized spacial score (nSPS) is 12.6. The van der Waals surface area contributed by atoms with E-state index in [9.17, 15) is 8.78 Å². The van der Waals surface area contributed by atoms with Crippen LogP contribution in [0.4, 0.5) is 8.78 Å². The number of hydrogen-bond acceptors (Lipinski definition) is 3. The molecule has 21 heavy (non-hydrogen) atoms. The molecular formula is C16H19F2N3. The zero-order valence-corrected chi connectivity index (χ0v) is 12.2. The van der Waals surface area contributed by atoms with Crippen LogP contribution in [0.2, 0.25) is 0 Å². The first-order chi connectivity index (χ1) is 10.1. The predicted octanol–water partition coefficient (Wildman–Crippen LogP) is 2.75. The molecule has 2 aromatic rings. The summed E-state index contributed by atoms with van der Waals surface area (Å²) in [5, 5.41) is 3.04. The summed E-state index contributed by atoms with van der Waals surface area (Å²) in [6, 6.07) is 7.86. The highest BCUT2D eigenvalue weighted by Gasteiger charge is 2.18. The number of pyridine rings is 1. The number of likely N-dealkylation sites (N-methyl/N-ethyl adjacent to an activating group) is 2. The summed E-state index contributed by atoms with van der Waals surface area (Å²) in [6.07, 6.45) is 3.52. The van der Waals surface area contributed by atoms with Crippen molar-refractivity contribution in [1.82, 2.24) is 15.2 Å². The van der Waals surface area contributed by atoms with Crippen molar-refractivity contribution in [2.24, 2.45) is 0 Å². The highest BCUT2D eigenvalue weighted by molar-refractivity contribution is 5.23. The Balaban J connectivity index is 2.06. The molecule has 0 aliphatic carbocycles. The standard InChI is InChI=1S/C16H19F2N3/c1-19-15(13-6-3-7-14(17)16(13)18)11-21(2)10-12-5-4-8-20-9-12/h3-9,15,19H,10-11H2,1-2H3. The van der Waals surface area contributed by atoms with Gasteiger partial charge in [0.25, 0.3) is 0 Å². The molecule has 0 aliphatic rings. The van der Waals surface area contributed by atoms with Gasteiger partial charge in [0, 0.05) is 37.1 Å². The Morgan fingerprint density at radius 3 is 2.71 bits per heavy atom. The molecule has 0 saturated carbocycles. The van der Waals surface area contributed by atoms with E-state index < -0.39 is 11.6 Å². The van der Waals surface area contributed by atoms with Crippen molar-refractivity contribution in [3.63, 3.8) is 0 Å². The van der Waals surface area contributed by atoms with Crippen molar-refractivity contribution in [1.29, 1.82) is 0 Å². The second-order valence-corrected chi connectivity index (χ2v) is 5.04. The molecule has 0 aliphatic heterocycles. The number of benzene rings is 1. The first-order valence-electron chi connectivity index (χ1n) is 6.80. The topological polar surface area (TPSA) is 28.2 Å². The fourth-order valence-corrected chi connectivity index (χ4v) is 2.31. The summed E-state index contributed by atoms with van der Waals surface area (Å²) in [6.45, 7) is 1.26. The van der Waals surface area contributed by atoms with E-state index in [1.165, 1.54) is 6.07 Å². The third kappa shape index (κ3) is 4.06. The quantitative estimate of drug-likeness (QED) is 0.887. The average molecular weight is 291 g/mol. The molecule has 0 fully saturated rings. The van der Waals surface area contributed by atoms with Gasteiger partial charge in [0.05, 0.1) is 0 Å². The Kier molecular flexibility index (Phi) is 5.36. The van der Waals surface area contributed by atoms with Crippen LogP contribution in [0.15, 0.2) is 42.7 Å². The summed E-state index contributed by atoms with van der Waals surface area (Å²) in [4.78, 5) is 6.11. The SMILES string of the molecule is CNC(CN(C)Cc1cccnc1)c1cccc(F)c1F. The highest BCUT2D eigenvalue weighted by atomic mass is 19.2. The first kappa shape index (κ1) is 15.5. The van der Waals surface area contributed by atoms with Gasteiger partial charge in [0.1, 0.15) is 0 Å². The fourth-order valence-electron chi connectivity index (χ4n) is 2.31. The number of halogens is 2. The first-order valence-corrected chi connectivity index (χ1v) is 6.80. The van der Waals surface area contributed by atoms with E-state index in [0.717, 1.165) is 11.6 Å². The molecule has 1 aromatic heterocycles. The van der Waals surface area contributed by atoms with Gasteiger partial charge in [-0.2, -0.15) is 0 Å². The minimum atomic E-state index is -0.817. The van der Waals surface area contributed by atoms with Crippen LogP contribution in [0.3, 0.4) is 0 Å². The number of nitrogens with zero attached hydrogens (tertiary/aromatic N) is 2. The van der Waals surface area contributed by atoms with Gasteiger partial charge in [-0.1, -0.05) is 18.2 Å². The van der Waals surface area contributed by atoms with Gasteiger partial charge in [-0.15, -0.1) is 0 Å². The van der Waals surface area contributed by atoms with Gasteiger partial charge < -0.3 is 10.2 Å². The molecule has 0 bridgehead atoms. The summed E-state index contributed by atoms with van der Waals surface area (Å²) < 4.78 is 27.2. The zero-order valence-electron chi connectivity index (χ0n) is 12.2. The van der Waals surface area contributed by atoms with Crippen LogP contribution < -0.4 is 5.32 Å². The third-order valence-corrected chi connectivity index (χ3v) is 3.37. The van der Waals surface area contributed by atoms with Crippen LogP contribution >= 0.6 is 0 Å². The monoisotopic (exact) mass is 291 g/mol.